The van der Waals surface area contributed by atoms with E-state index in [1.807, 2.05) is 0 Å². The molecule has 1 fully saturated rings. The summed E-state index contributed by atoms with van der Waals surface area (Å²) in [6.45, 7) is 7.82. The molecule has 0 aromatic heterocycles. The van der Waals surface area contributed by atoms with Crippen molar-refractivity contribution >= 4 is 15.7 Å². The molecule has 1 aromatic carbocycles. The highest BCUT2D eigenvalue weighted by molar-refractivity contribution is 7.89. The van der Waals surface area contributed by atoms with Gasteiger partial charge in [-0.3, -0.25) is 0 Å². The molecular formula is C12H15N3O2S. The van der Waals surface area contributed by atoms with E-state index in [-0.39, 0.29) is 10.9 Å². The molecule has 0 spiro atoms. The lowest BCUT2D eigenvalue weighted by Gasteiger charge is -2.29. The summed E-state index contributed by atoms with van der Waals surface area (Å²) in [6, 6.07) is 6.22. The largest absolute Gasteiger partial charge is 0.328 e. The molecule has 1 aliphatic rings. The number of benzene rings is 1. The molecule has 5 nitrogen and oxygen atoms in total. The number of sulfonamides is 1. The van der Waals surface area contributed by atoms with Crippen LogP contribution in [0.5, 0.6) is 0 Å². The molecule has 1 saturated heterocycles. The highest BCUT2D eigenvalue weighted by atomic mass is 32.2. The van der Waals surface area contributed by atoms with Gasteiger partial charge in [-0.25, -0.2) is 13.3 Å². The first-order valence-corrected chi connectivity index (χ1v) is 7.21. The third-order valence-electron chi connectivity index (χ3n) is 3.08. The monoisotopic (exact) mass is 265 g/mol. The lowest BCUT2D eigenvalue weighted by Crippen LogP contribution is -2.42. The van der Waals surface area contributed by atoms with Crippen LogP contribution >= 0.6 is 0 Å². The third kappa shape index (κ3) is 2.53. The van der Waals surface area contributed by atoms with Gasteiger partial charge < -0.3 is 5.73 Å². The molecular weight excluding hydrogens is 250 g/mol. The van der Waals surface area contributed by atoms with Gasteiger partial charge in [0, 0.05) is 19.1 Å². The summed E-state index contributed by atoms with van der Waals surface area (Å²) >= 11 is 0. The van der Waals surface area contributed by atoms with Crippen LogP contribution in [0.1, 0.15) is 12.8 Å². The highest BCUT2D eigenvalue weighted by Gasteiger charge is 2.28. The second-order valence-corrected chi connectivity index (χ2v) is 6.29. The van der Waals surface area contributed by atoms with Gasteiger partial charge in [0.05, 0.1) is 11.5 Å². The minimum absolute atomic E-state index is 0.0889. The Hall–Kier alpha value is -1.42. The summed E-state index contributed by atoms with van der Waals surface area (Å²) in [5, 5.41) is 0. The second-order valence-electron chi connectivity index (χ2n) is 4.35. The maximum absolute atomic E-state index is 12.3. The van der Waals surface area contributed by atoms with E-state index in [9.17, 15) is 8.42 Å². The minimum atomic E-state index is -3.48. The van der Waals surface area contributed by atoms with Crippen LogP contribution in [0.2, 0.25) is 0 Å². The molecule has 0 atom stereocenters. The number of nitrogens with two attached hydrogens (primary N) is 1. The molecule has 96 valence electrons. The molecule has 18 heavy (non-hydrogen) atoms. The lowest BCUT2D eigenvalue weighted by atomic mass is 10.1. The lowest BCUT2D eigenvalue weighted by molar-refractivity contribution is 0.320. The average molecular weight is 265 g/mol. The molecule has 1 heterocycles. The smallest absolute Gasteiger partial charge is 0.241 e. The predicted octanol–water partition coefficient (Wildman–Crippen LogP) is 1.35. The van der Waals surface area contributed by atoms with E-state index in [0.29, 0.717) is 31.6 Å². The van der Waals surface area contributed by atoms with Crippen LogP contribution in [0.15, 0.2) is 29.2 Å². The van der Waals surface area contributed by atoms with Gasteiger partial charge in [0.2, 0.25) is 10.0 Å². The molecule has 0 aliphatic carbocycles. The van der Waals surface area contributed by atoms with E-state index in [1.54, 1.807) is 12.1 Å². The van der Waals surface area contributed by atoms with E-state index in [0.717, 1.165) is 0 Å². The molecule has 2 rings (SSSR count). The zero-order valence-corrected chi connectivity index (χ0v) is 10.7. The van der Waals surface area contributed by atoms with Crippen molar-refractivity contribution in [3.8, 4) is 0 Å². The number of nitrogens with zero attached hydrogens (tertiary/aromatic N) is 2. The molecule has 0 unspecified atom stereocenters. The van der Waals surface area contributed by atoms with Crippen molar-refractivity contribution in [3.05, 3.63) is 35.7 Å². The molecule has 1 aromatic rings. The summed E-state index contributed by atoms with van der Waals surface area (Å²) in [4.78, 5) is 3.44. The van der Waals surface area contributed by atoms with E-state index in [2.05, 4.69) is 4.85 Å². The first-order valence-electron chi connectivity index (χ1n) is 5.77. The molecule has 0 bridgehead atoms. The molecule has 0 saturated carbocycles. The van der Waals surface area contributed by atoms with Gasteiger partial charge in [-0.15, -0.1) is 0 Å². The number of hydrogen-bond donors (Lipinski definition) is 1. The highest BCUT2D eigenvalue weighted by Crippen LogP contribution is 2.23. The summed E-state index contributed by atoms with van der Waals surface area (Å²) in [7, 11) is -3.48. The topological polar surface area (TPSA) is 67.8 Å². The zero-order valence-electron chi connectivity index (χ0n) is 9.91. The fourth-order valence-corrected chi connectivity index (χ4v) is 3.49. The summed E-state index contributed by atoms with van der Waals surface area (Å²) in [5.74, 6) is 0. The van der Waals surface area contributed by atoms with E-state index in [1.165, 1.54) is 16.4 Å². The van der Waals surface area contributed by atoms with Crippen molar-refractivity contribution in [2.75, 3.05) is 13.1 Å². The average Bonchev–Trinajstić information content (AvgIpc) is 2.39. The van der Waals surface area contributed by atoms with Crippen LogP contribution < -0.4 is 5.73 Å². The Balaban J connectivity index is 2.28. The van der Waals surface area contributed by atoms with Crippen molar-refractivity contribution in [1.29, 1.82) is 0 Å². The fourth-order valence-electron chi connectivity index (χ4n) is 1.98. The van der Waals surface area contributed by atoms with Crippen molar-refractivity contribution in [1.82, 2.24) is 4.31 Å². The summed E-state index contributed by atoms with van der Waals surface area (Å²) in [5.41, 5.74) is 6.10. The van der Waals surface area contributed by atoms with Crippen molar-refractivity contribution in [2.45, 2.75) is 23.8 Å². The van der Waals surface area contributed by atoms with Gasteiger partial charge in [0.1, 0.15) is 0 Å². The van der Waals surface area contributed by atoms with Crippen LogP contribution in [-0.2, 0) is 10.0 Å². The molecule has 0 radical (unpaired) electrons. The van der Waals surface area contributed by atoms with Crippen molar-refractivity contribution < 1.29 is 8.42 Å². The standard InChI is InChI=1S/C12H15N3O2S/c1-14-11-3-2-4-12(9-11)18(16,17)15-7-5-10(13)6-8-15/h2-4,9-10H,5-8,13H2. The van der Waals surface area contributed by atoms with Crippen LogP contribution in [0.25, 0.3) is 4.85 Å². The first kappa shape index (κ1) is 13.0. The van der Waals surface area contributed by atoms with Crippen LogP contribution in [0, 0.1) is 6.57 Å². The first-order chi connectivity index (χ1) is 8.54. The summed E-state index contributed by atoms with van der Waals surface area (Å²) < 4.78 is 26.1. The van der Waals surface area contributed by atoms with Crippen LogP contribution in [0.4, 0.5) is 5.69 Å². The van der Waals surface area contributed by atoms with Crippen molar-refractivity contribution in [3.63, 3.8) is 0 Å². The van der Waals surface area contributed by atoms with Gasteiger partial charge in [0.15, 0.2) is 5.69 Å². The Bertz CT molecular complexity index is 569. The quantitative estimate of drug-likeness (QED) is 0.821. The Morgan fingerprint density at radius 2 is 2.00 bits per heavy atom. The molecule has 6 heteroatoms. The van der Waals surface area contributed by atoms with E-state index in [4.69, 9.17) is 12.3 Å². The maximum atomic E-state index is 12.3. The third-order valence-corrected chi connectivity index (χ3v) is 4.98. The molecule has 2 N–H and O–H groups in total. The number of hydrogen-bond acceptors (Lipinski definition) is 3. The molecule has 0 amide bonds. The SMILES string of the molecule is [C-]#[N+]c1cccc(S(=O)(=O)N2CCC(N)CC2)c1. The van der Waals surface area contributed by atoms with Gasteiger partial charge in [-0.1, -0.05) is 12.1 Å². The molecule has 1 aliphatic heterocycles. The van der Waals surface area contributed by atoms with Crippen molar-refractivity contribution in [2.24, 2.45) is 5.73 Å². The van der Waals surface area contributed by atoms with Gasteiger partial charge in [-0.05, 0) is 25.0 Å². The Morgan fingerprint density at radius 3 is 2.61 bits per heavy atom. The predicted molar refractivity (Wildman–Crippen MR) is 68.7 cm³/mol. The number of piperidine rings is 1. The summed E-state index contributed by atoms with van der Waals surface area (Å²) in [6.07, 6.45) is 1.36. The normalized spacial score (nSPS) is 18.4. The Morgan fingerprint density at radius 1 is 1.33 bits per heavy atom. The zero-order chi connectivity index (χ0) is 13.2. The minimum Gasteiger partial charge on any atom is -0.328 e. The van der Waals surface area contributed by atoms with Gasteiger partial charge in [0.25, 0.3) is 0 Å². The number of rotatable bonds is 2. The Kier molecular flexibility index (Phi) is 3.66. The van der Waals surface area contributed by atoms with Gasteiger partial charge >= 0.3 is 0 Å². The second kappa shape index (κ2) is 5.06. The maximum Gasteiger partial charge on any atom is 0.241 e. The van der Waals surface area contributed by atoms with Crippen LogP contribution in [0.3, 0.4) is 0 Å². The van der Waals surface area contributed by atoms with Crippen LogP contribution in [-0.4, -0.2) is 31.9 Å². The fraction of sp³-hybridized carbons (Fsp3) is 0.417. The van der Waals surface area contributed by atoms with E-state index < -0.39 is 10.0 Å². The Labute approximate surface area is 107 Å². The van der Waals surface area contributed by atoms with E-state index >= 15 is 0 Å². The van der Waals surface area contributed by atoms with Gasteiger partial charge in [-0.2, -0.15) is 4.31 Å².